The number of rotatable bonds is 2. The second-order valence-electron chi connectivity index (χ2n) is 6.44. The third kappa shape index (κ3) is 3.26. The van der Waals surface area contributed by atoms with Crippen LogP contribution in [0.1, 0.15) is 45.6 Å². The Kier molecular flexibility index (Phi) is 3.80. The predicted octanol–water partition coefficient (Wildman–Crippen LogP) is 4.32. The summed E-state index contributed by atoms with van der Waals surface area (Å²) in [6.07, 6.45) is 3.45. The molecule has 2 nitrogen and oxygen atoms in total. The summed E-state index contributed by atoms with van der Waals surface area (Å²) in [5.41, 5.74) is 1.54. The first-order chi connectivity index (χ1) is 8.91. The van der Waals surface area contributed by atoms with Gasteiger partial charge in [-0.3, -0.25) is 0 Å². The summed E-state index contributed by atoms with van der Waals surface area (Å²) >= 11 is 0. The van der Waals surface area contributed by atoms with Crippen molar-refractivity contribution in [1.82, 2.24) is 0 Å². The SMILES string of the molecule is CC1CC(C)(C)CCC1Nc1ccc(F)cc1C#N. The Labute approximate surface area is 114 Å². The van der Waals surface area contributed by atoms with E-state index in [0.717, 1.165) is 12.1 Å². The van der Waals surface area contributed by atoms with Gasteiger partial charge in [-0.15, -0.1) is 0 Å². The number of halogens is 1. The van der Waals surface area contributed by atoms with Gasteiger partial charge in [0.05, 0.1) is 11.3 Å². The molecule has 0 aliphatic heterocycles. The van der Waals surface area contributed by atoms with Crippen molar-refractivity contribution in [3.05, 3.63) is 29.6 Å². The highest BCUT2D eigenvalue weighted by Crippen LogP contribution is 2.39. The van der Waals surface area contributed by atoms with E-state index >= 15 is 0 Å². The molecule has 1 aliphatic carbocycles. The van der Waals surface area contributed by atoms with Crippen molar-refractivity contribution in [2.75, 3.05) is 5.32 Å². The number of benzene rings is 1. The van der Waals surface area contributed by atoms with Crippen molar-refractivity contribution in [3.63, 3.8) is 0 Å². The van der Waals surface area contributed by atoms with E-state index in [1.165, 1.54) is 25.0 Å². The van der Waals surface area contributed by atoms with Crippen LogP contribution in [0.2, 0.25) is 0 Å². The molecule has 2 atom stereocenters. The Morgan fingerprint density at radius 2 is 2.16 bits per heavy atom. The van der Waals surface area contributed by atoms with Crippen LogP contribution in [0.15, 0.2) is 18.2 Å². The summed E-state index contributed by atoms with van der Waals surface area (Å²) in [6.45, 7) is 6.85. The van der Waals surface area contributed by atoms with Gasteiger partial charge >= 0.3 is 0 Å². The Morgan fingerprint density at radius 1 is 1.42 bits per heavy atom. The monoisotopic (exact) mass is 260 g/mol. The Balaban J connectivity index is 2.12. The van der Waals surface area contributed by atoms with Crippen LogP contribution in [-0.2, 0) is 0 Å². The van der Waals surface area contributed by atoms with Crippen LogP contribution in [-0.4, -0.2) is 6.04 Å². The van der Waals surface area contributed by atoms with Gasteiger partial charge in [0.1, 0.15) is 11.9 Å². The average Bonchev–Trinajstić information content (AvgIpc) is 2.33. The highest BCUT2D eigenvalue weighted by Gasteiger charge is 2.32. The molecule has 0 spiro atoms. The van der Waals surface area contributed by atoms with E-state index in [2.05, 4.69) is 32.2 Å². The lowest BCUT2D eigenvalue weighted by atomic mass is 9.70. The maximum absolute atomic E-state index is 13.1. The van der Waals surface area contributed by atoms with E-state index in [-0.39, 0.29) is 5.82 Å². The lowest BCUT2D eigenvalue weighted by Crippen LogP contribution is -2.37. The Hall–Kier alpha value is -1.56. The fourth-order valence-electron chi connectivity index (χ4n) is 3.10. The highest BCUT2D eigenvalue weighted by molar-refractivity contribution is 5.58. The van der Waals surface area contributed by atoms with Crippen molar-refractivity contribution < 1.29 is 4.39 Å². The van der Waals surface area contributed by atoms with Gasteiger partial charge in [0, 0.05) is 6.04 Å². The molecule has 19 heavy (non-hydrogen) atoms. The van der Waals surface area contributed by atoms with Gasteiger partial charge in [-0.05, 0) is 48.8 Å². The third-order valence-corrected chi connectivity index (χ3v) is 4.14. The van der Waals surface area contributed by atoms with Crippen LogP contribution < -0.4 is 5.32 Å². The van der Waals surface area contributed by atoms with Gasteiger partial charge in [-0.1, -0.05) is 20.8 Å². The molecule has 2 rings (SSSR count). The average molecular weight is 260 g/mol. The lowest BCUT2D eigenvalue weighted by Gasteiger charge is -2.40. The van der Waals surface area contributed by atoms with E-state index in [0.29, 0.717) is 22.9 Å². The molecular weight excluding hydrogens is 239 g/mol. The van der Waals surface area contributed by atoms with Crippen LogP contribution >= 0.6 is 0 Å². The minimum absolute atomic E-state index is 0.361. The van der Waals surface area contributed by atoms with Crippen LogP contribution in [0.3, 0.4) is 0 Å². The van der Waals surface area contributed by atoms with Crippen molar-refractivity contribution in [1.29, 1.82) is 5.26 Å². The van der Waals surface area contributed by atoms with Gasteiger partial charge in [0.25, 0.3) is 0 Å². The normalized spacial score (nSPS) is 25.6. The fourth-order valence-corrected chi connectivity index (χ4v) is 3.10. The van der Waals surface area contributed by atoms with Crippen molar-refractivity contribution in [3.8, 4) is 6.07 Å². The molecule has 1 aromatic rings. The topological polar surface area (TPSA) is 35.8 Å². The third-order valence-electron chi connectivity index (χ3n) is 4.14. The lowest BCUT2D eigenvalue weighted by molar-refractivity contribution is 0.177. The summed E-state index contributed by atoms with van der Waals surface area (Å²) in [5.74, 6) is 0.195. The molecule has 0 bridgehead atoms. The second-order valence-corrected chi connectivity index (χ2v) is 6.44. The van der Waals surface area contributed by atoms with Gasteiger partial charge in [0.15, 0.2) is 0 Å². The molecule has 0 heterocycles. The molecule has 2 unspecified atom stereocenters. The van der Waals surface area contributed by atoms with E-state index < -0.39 is 0 Å². The molecule has 102 valence electrons. The number of nitriles is 1. The molecule has 1 fully saturated rings. The minimum atomic E-state index is -0.361. The van der Waals surface area contributed by atoms with Crippen molar-refractivity contribution in [2.24, 2.45) is 11.3 Å². The minimum Gasteiger partial charge on any atom is -0.381 e. The fraction of sp³-hybridized carbons (Fsp3) is 0.562. The molecule has 1 N–H and O–H groups in total. The molecular formula is C16H21FN2. The largest absolute Gasteiger partial charge is 0.381 e. The summed E-state index contributed by atoms with van der Waals surface area (Å²) in [7, 11) is 0. The summed E-state index contributed by atoms with van der Waals surface area (Å²) in [5, 5.41) is 12.5. The van der Waals surface area contributed by atoms with Crippen LogP contribution in [0.25, 0.3) is 0 Å². The van der Waals surface area contributed by atoms with Crippen molar-refractivity contribution in [2.45, 2.75) is 46.1 Å². The smallest absolute Gasteiger partial charge is 0.124 e. The van der Waals surface area contributed by atoms with Gasteiger partial charge in [-0.2, -0.15) is 5.26 Å². The van der Waals surface area contributed by atoms with Gasteiger partial charge in [-0.25, -0.2) is 4.39 Å². The first-order valence-corrected chi connectivity index (χ1v) is 6.87. The number of hydrogen-bond acceptors (Lipinski definition) is 2. The summed E-state index contributed by atoms with van der Waals surface area (Å²) < 4.78 is 13.1. The van der Waals surface area contributed by atoms with Gasteiger partial charge < -0.3 is 5.32 Å². The van der Waals surface area contributed by atoms with E-state index in [1.54, 1.807) is 6.07 Å². The molecule has 3 heteroatoms. The second kappa shape index (κ2) is 5.21. The molecule has 1 saturated carbocycles. The molecule has 0 aromatic heterocycles. The zero-order valence-corrected chi connectivity index (χ0v) is 11.8. The molecule has 0 radical (unpaired) electrons. The summed E-state index contributed by atoms with van der Waals surface area (Å²) in [6, 6.07) is 6.78. The van der Waals surface area contributed by atoms with Crippen LogP contribution in [0, 0.1) is 28.5 Å². The highest BCUT2D eigenvalue weighted by atomic mass is 19.1. The summed E-state index contributed by atoms with van der Waals surface area (Å²) in [4.78, 5) is 0. The number of anilines is 1. The van der Waals surface area contributed by atoms with Crippen LogP contribution in [0.4, 0.5) is 10.1 Å². The van der Waals surface area contributed by atoms with Crippen LogP contribution in [0.5, 0.6) is 0 Å². The maximum Gasteiger partial charge on any atom is 0.124 e. The van der Waals surface area contributed by atoms with Gasteiger partial charge in [0.2, 0.25) is 0 Å². The maximum atomic E-state index is 13.1. The first kappa shape index (κ1) is 13.9. The standard InChI is InChI=1S/C16H21FN2/c1-11-9-16(2,3)7-6-14(11)19-15-5-4-13(17)8-12(15)10-18/h4-5,8,11,14,19H,6-7,9H2,1-3H3. The Bertz CT molecular complexity index is 502. The quantitative estimate of drug-likeness (QED) is 0.859. The zero-order chi connectivity index (χ0) is 14.0. The Morgan fingerprint density at radius 3 is 2.79 bits per heavy atom. The number of nitrogens with zero attached hydrogens (tertiary/aromatic N) is 1. The molecule has 0 amide bonds. The number of nitrogens with one attached hydrogen (secondary N) is 1. The van der Waals surface area contributed by atoms with E-state index in [4.69, 9.17) is 5.26 Å². The predicted molar refractivity (Wildman–Crippen MR) is 75.3 cm³/mol. The number of hydrogen-bond donors (Lipinski definition) is 1. The molecule has 1 aromatic carbocycles. The van der Waals surface area contributed by atoms with Crippen molar-refractivity contribution >= 4 is 5.69 Å². The van der Waals surface area contributed by atoms with E-state index in [1.807, 2.05) is 0 Å². The zero-order valence-electron chi connectivity index (χ0n) is 11.8. The first-order valence-electron chi connectivity index (χ1n) is 6.87. The van der Waals surface area contributed by atoms with E-state index in [9.17, 15) is 4.39 Å². The molecule has 1 aliphatic rings. The molecule has 0 saturated heterocycles.